The fourth-order valence-corrected chi connectivity index (χ4v) is 12.1. The van der Waals surface area contributed by atoms with Crippen LogP contribution in [0.4, 0.5) is 20.2 Å². The monoisotopic (exact) mass is 1000 g/mol. The Morgan fingerprint density at radius 1 is 0.634 bits per heavy atom. The van der Waals surface area contributed by atoms with Crippen molar-refractivity contribution in [2.45, 2.75) is 108 Å². The van der Waals surface area contributed by atoms with Gasteiger partial charge in [0.05, 0.1) is 70.4 Å². The molecular weight excluding hydrogens is 951 g/mol. The maximum atomic E-state index is 15.3. The molecular formula is C49H52F2N14O4S2. The topological polar surface area (TPSA) is 214 Å². The van der Waals surface area contributed by atoms with Crippen LogP contribution in [0.5, 0.6) is 0 Å². The van der Waals surface area contributed by atoms with E-state index in [-0.39, 0.29) is 54.5 Å². The fraction of sp³-hybridized carbons (Fsp3) is 0.429. The predicted molar refractivity (Wildman–Crippen MR) is 265 cm³/mol. The van der Waals surface area contributed by atoms with Crippen molar-refractivity contribution in [2.24, 2.45) is 21.8 Å². The molecule has 22 heteroatoms. The molecule has 4 fully saturated rings. The highest BCUT2D eigenvalue weighted by atomic mass is 32.2. The van der Waals surface area contributed by atoms with Crippen molar-refractivity contribution >= 4 is 56.8 Å². The van der Waals surface area contributed by atoms with Gasteiger partial charge in [0.2, 0.25) is 0 Å². The number of thioether (sulfide) groups is 2. The number of carbonyl (C=O) groups excluding carboxylic acids is 2. The van der Waals surface area contributed by atoms with E-state index in [1.165, 1.54) is 71.6 Å². The minimum absolute atomic E-state index is 0. The van der Waals surface area contributed by atoms with Crippen LogP contribution in [0.3, 0.4) is 0 Å². The summed E-state index contributed by atoms with van der Waals surface area (Å²) in [6, 6.07) is 9.34. The Labute approximate surface area is 416 Å². The highest BCUT2D eigenvalue weighted by Gasteiger charge is 2.54. The number of aliphatic imine (C=N–C) groups is 2. The molecule has 1 unspecified atom stereocenters. The Hall–Kier alpha value is -6.36. The maximum absolute atomic E-state index is 15.3. The maximum Gasteiger partial charge on any atom is 0.275 e. The SMILES string of the molecule is C.CC1=N[C@@]2(c3cc(NC(=O)c4cnc(-n5cncn5)cn4)ccc3F)CC(OC3CC3)C[C@H]2CS1.CC1=N[C@@]2(c3cc(NC(=O)c4cnc(-n5cncn5)cn4)ccc3F)C[C@@H](OC3CC3)C[C@H]2CS1. The minimum atomic E-state index is -0.682. The van der Waals surface area contributed by atoms with Crippen molar-refractivity contribution in [3.8, 4) is 11.6 Å². The number of nitrogens with one attached hydrogen (secondary N) is 2. The lowest BCUT2D eigenvalue weighted by Gasteiger charge is -2.36. The molecule has 2 aliphatic heterocycles. The molecule has 0 bridgehead atoms. The van der Waals surface area contributed by atoms with E-state index in [1.807, 2.05) is 13.8 Å². The van der Waals surface area contributed by atoms with Gasteiger partial charge in [0.15, 0.2) is 11.6 Å². The van der Waals surface area contributed by atoms with Crippen LogP contribution in [-0.2, 0) is 20.6 Å². The van der Waals surface area contributed by atoms with E-state index in [4.69, 9.17) is 19.5 Å². The first-order chi connectivity index (χ1) is 34.0. The predicted octanol–water partition coefficient (Wildman–Crippen LogP) is 8.17. The van der Waals surface area contributed by atoms with E-state index in [1.54, 1.807) is 47.8 Å². The third-order valence-electron chi connectivity index (χ3n) is 13.5. The van der Waals surface area contributed by atoms with Crippen molar-refractivity contribution in [3.63, 3.8) is 0 Å². The van der Waals surface area contributed by atoms with Crippen molar-refractivity contribution < 1.29 is 27.8 Å². The summed E-state index contributed by atoms with van der Waals surface area (Å²) >= 11 is 3.44. The van der Waals surface area contributed by atoms with Crippen LogP contribution in [0.25, 0.3) is 11.6 Å². The molecule has 4 aromatic heterocycles. The van der Waals surface area contributed by atoms with Crippen LogP contribution in [0.1, 0.15) is 105 Å². The van der Waals surface area contributed by atoms with Gasteiger partial charge in [0, 0.05) is 58.7 Å². The number of hydrogen-bond donors (Lipinski definition) is 2. The molecule has 12 rings (SSSR count). The van der Waals surface area contributed by atoms with Gasteiger partial charge in [-0.1, -0.05) is 7.43 Å². The van der Waals surface area contributed by atoms with Crippen LogP contribution in [-0.4, -0.2) is 107 Å². The molecule has 6 heterocycles. The van der Waals surface area contributed by atoms with Crippen molar-refractivity contribution in [2.75, 3.05) is 22.1 Å². The van der Waals surface area contributed by atoms with E-state index in [0.29, 0.717) is 59.2 Å². The smallest absolute Gasteiger partial charge is 0.275 e. The highest BCUT2D eigenvalue weighted by molar-refractivity contribution is 8.14. The first-order valence-corrected chi connectivity index (χ1v) is 25.2. The van der Waals surface area contributed by atoms with E-state index in [2.05, 4.69) is 50.7 Å². The molecule has 2 aromatic carbocycles. The summed E-state index contributed by atoms with van der Waals surface area (Å²) in [5.74, 6) is 1.49. The molecule has 368 valence electrons. The number of ether oxygens (including phenoxy) is 2. The number of halogens is 2. The number of rotatable bonds is 12. The Bertz CT molecular complexity index is 2760. The lowest BCUT2D eigenvalue weighted by atomic mass is 9.81. The van der Waals surface area contributed by atoms with Crippen LogP contribution in [0, 0.1) is 23.5 Å². The molecule has 4 saturated carbocycles. The van der Waals surface area contributed by atoms with Crippen molar-refractivity contribution in [1.82, 2.24) is 49.5 Å². The number of benzene rings is 2. The lowest BCUT2D eigenvalue weighted by Crippen LogP contribution is -2.35. The Kier molecular flexibility index (Phi) is 13.6. The third-order valence-corrected chi connectivity index (χ3v) is 15.6. The molecule has 4 aliphatic carbocycles. The highest BCUT2D eigenvalue weighted by Crippen LogP contribution is 2.55. The number of nitrogens with zero attached hydrogens (tertiary/aromatic N) is 12. The summed E-state index contributed by atoms with van der Waals surface area (Å²) in [6.45, 7) is 3.95. The molecule has 2 N–H and O–H groups in total. The van der Waals surface area contributed by atoms with Crippen LogP contribution in [0.2, 0.25) is 0 Å². The molecule has 2 amide bonds. The van der Waals surface area contributed by atoms with Crippen LogP contribution < -0.4 is 10.6 Å². The van der Waals surface area contributed by atoms with Gasteiger partial charge in [-0.15, -0.1) is 23.5 Å². The number of anilines is 2. The third kappa shape index (κ3) is 10.2. The first-order valence-electron chi connectivity index (χ1n) is 23.3. The first kappa shape index (κ1) is 48.3. The number of hydrogen-bond acceptors (Lipinski definition) is 16. The molecule has 0 spiro atoms. The summed E-state index contributed by atoms with van der Waals surface area (Å²) in [7, 11) is 0. The van der Waals surface area contributed by atoms with Gasteiger partial charge >= 0.3 is 0 Å². The molecule has 6 aliphatic rings. The van der Waals surface area contributed by atoms with Crippen molar-refractivity contribution in [1.29, 1.82) is 0 Å². The zero-order valence-corrected chi connectivity index (χ0v) is 39.8. The second-order valence-electron chi connectivity index (χ2n) is 18.4. The van der Waals surface area contributed by atoms with Gasteiger partial charge in [-0.05, 0) is 88.8 Å². The molecule has 0 radical (unpaired) electrons. The molecule has 6 aromatic rings. The van der Waals surface area contributed by atoms with Gasteiger partial charge in [-0.3, -0.25) is 19.6 Å². The Morgan fingerprint density at radius 2 is 1.07 bits per heavy atom. The summed E-state index contributed by atoms with van der Waals surface area (Å²) in [5.41, 5.74) is 0.898. The number of carbonyl (C=O) groups is 2. The zero-order valence-electron chi connectivity index (χ0n) is 38.2. The van der Waals surface area contributed by atoms with Crippen molar-refractivity contribution in [3.05, 3.63) is 121 Å². The summed E-state index contributed by atoms with van der Waals surface area (Å²) in [5, 5.41) is 15.5. The average Bonchev–Trinajstić information content (AvgIpc) is 4.06. The fourth-order valence-electron chi connectivity index (χ4n) is 9.94. The van der Waals surface area contributed by atoms with Gasteiger partial charge in [0.1, 0.15) is 48.3 Å². The van der Waals surface area contributed by atoms with Gasteiger partial charge in [-0.25, -0.2) is 48.0 Å². The number of amides is 2. The molecule has 6 atom stereocenters. The standard InChI is InChI=1S/2C24H24FN7O2S.CH4/c2*1-14-31-24(8-18(34-17-3-4-17)6-15(24)11-35-14)19-7-16(2-5-20(19)25)30-23(33)21-9-28-22(10-27-21)32-13-26-12-29-32;/h2*2,5,7,9-10,12-13,15,17-18H,3-4,6,8,11H2,1H3,(H,30,33);1H4/t15-,18?,24-;15-,18-,24-;/m00./s1. The quantitative estimate of drug-likeness (QED) is 0.118. The van der Waals surface area contributed by atoms with Crippen LogP contribution in [0.15, 0.2) is 96.5 Å². The van der Waals surface area contributed by atoms with Gasteiger partial charge in [0.25, 0.3) is 11.8 Å². The van der Waals surface area contributed by atoms with Gasteiger partial charge in [-0.2, -0.15) is 10.2 Å². The molecule has 18 nitrogen and oxygen atoms in total. The zero-order chi connectivity index (χ0) is 48.0. The second kappa shape index (κ2) is 20.0. The number of aromatic nitrogens is 10. The summed E-state index contributed by atoms with van der Waals surface area (Å²) < 4.78 is 45.9. The Morgan fingerprint density at radius 3 is 1.44 bits per heavy atom. The number of fused-ring (bicyclic) bond motifs is 2. The second-order valence-corrected chi connectivity index (χ2v) is 20.8. The van der Waals surface area contributed by atoms with E-state index in [9.17, 15) is 9.59 Å². The van der Waals surface area contributed by atoms with E-state index in [0.717, 1.165) is 60.1 Å². The normalized spacial score (nSPS) is 25.4. The minimum Gasteiger partial charge on any atom is -0.375 e. The van der Waals surface area contributed by atoms with Gasteiger partial charge < -0.3 is 20.1 Å². The molecule has 0 saturated heterocycles. The van der Waals surface area contributed by atoms with E-state index < -0.39 is 22.9 Å². The van der Waals surface area contributed by atoms with Crippen LogP contribution >= 0.6 is 23.5 Å². The largest absolute Gasteiger partial charge is 0.375 e. The Balaban J connectivity index is 0.000000162. The van der Waals surface area contributed by atoms with E-state index >= 15 is 8.78 Å². The lowest BCUT2D eigenvalue weighted by molar-refractivity contribution is 0.0399. The average molecular weight is 1000 g/mol. The summed E-state index contributed by atoms with van der Waals surface area (Å²) in [6.07, 6.45) is 19.6. The molecule has 71 heavy (non-hydrogen) atoms. The summed E-state index contributed by atoms with van der Waals surface area (Å²) in [4.78, 5) is 60.3.